The Morgan fingerprint density at radius 2 is 1.48 bits per heavy atom. The lowest BCUT2D eigenvalue weighted by atomic mass is 10.0. The molecule has 0 unspecified atom stereocenters. The van der Waals surface area contributed by atoms with Crippen molar-refractivity contribution in [3.05, 3.63) is 118 Å². The predicted octanol–water partition coefficient (Wildman–Crippen LogP) is 6.76. The smallest absolute Gasteiger partial charge is 0.264 e. The van der Waals surface area contributed by atoms with Gasteiger partial charge in [-0.25, -0.2) is 8.42 Å². The van der Waals surface area contributed by atoms with Gasteiger partial charge in [0.05, 0.1) is 24.8 Å². The molecule has 2 atom stereocenters. The lowest BCUT2D eigenvalue weighted by molar-refractivity contribution is -0.140. The van der Waals surface area contributed by atoms with E-state index in [1.165, 1.54) is 37.3 Å². The van der Waals surface area contributed by atoms with E-state index in [1.807, 2.05) is 44.2 Å². The number of halogens is 2. The van der Waals surface area contributed by atoms with Crippen LogP contribution in [-0.4, -0.2) is 58.0 Å². The van der Waals surface area contributed by atoms with Crippen LogP contribution in [0.25, 0.3) is 0 Å². The van der Waals surface area contributed by atoms with Crippen LogP contribution in [0.15, 0.2) is 102 Å². The highest BCUT2D eigenvalue weighted by atomic mass is 35.5. The number of benzene rings is 4. The van der Waals surface area contributed by atoms with Crippen molar-refractivity contribution in [2.75, 3.05) is 25.1 Å². The van der Waals surface area contributed by atoms with Gasteiger partial charge in [0, 0.05) is 40.7 Å². The van der Waals surface area contributed by atoms with Gasteiger partial charge in [0.15, 0.2) is 0 Å². The van der Waals surface area contributed by atoms with Gasteiger partial charge in [-0.05, 0) is 55.3 Å². The van der Waals surface area contributed by atoms with Gasteiger partial charge < -0.3 is 19.7 Å². The van der Waals surface area contributed by atoms with Crippen LogP contribution < -0.4 is 19.1 Å². The summed E-state index contributed by atoms with van der Waals surface area (Å²) in [5, 5.41) is 3.60. The third-order valence-electron chi connectivity index (χ3n) is 7.93. The van der Waals surface area contributed by atoms with E-state index in [2.05, 4.69) is 5.32 Å². The number of carbonyl (C=O) groups is 2. The van der Waals surface area contributed by atoms with Crippen molar-refractivity contribution in [1.29, 1.82) is 0 Å². The molecule has 4 rings (SSSR count). The summed E-state index contributed by atoms with van der Waals surface area (Å²) in [6.07, 6.45) is 0.803. The van der Waals surface area contributed by atoms with Crippen molar-refractivity contribution < 1.29 is 27.5 Å². The van der Waals surface area contributed by atoms with Crippen molar-refractivity contribution in [1.82, 2.24) is 10.2 Å². The SMILES string of the molecule is CC[C@@H](C)NC(=O)[C@@H](Cc1ccccc1)N(Cc1c(Cl)cccc1Cl)C(=O)CN(c1cc(OC)ccc1OC)S(=O)(=O)c1ccccc1. The molecule has 0 radical (unpaired) electrons. The molecule has 0 aromatic heterocycles. The largest absolute Gasteiger partial charge is 0.497 e. The molecule has 0 aliphatic heterocycles. The molecule has 48 heavy (non-hydrogen) atoms. The minimum Gasteiger partial charge on any atom is -0.497 e. The molecule has 1 N–H and O–H groups in total. The van der Waals surface area contributed by atoms with Crippen LogP contribution in [-0.2, 0) is 32.6 Å². The molecule has 0 bridgehead atoms. The number of methoxy groups -OCH3 is 2. The Hall–Kier alpha value is -4.25. The van der Waals surface area contributed by atoms with E-state index in [-0.39, 0.29) is 35.3 Å². The van der Waals surface area contributed by atoms with Crippen LogP contribution in [0, 0.1) is 0 Å². The fourth-order valence-corrected chi connectivity index (χ4v) is 7.03. The lowest BCUT2D eigenvalue weighted by Gasteiger charge is -2.35. The monoisotopic (exact) mass is 711 g/mol. The van der Waals surface area contributed by atoms with Gasteiger partial charge in [0.1, 0.15) is 24.1 Å². The first kappa shape index (κ1) is 36.6. The molecule has 0 saturated heterocycles. The molecule has 0 spiro atoms. The fourth-order valence-electron chi connectivity index (χ4n) is 5.07. The van der Waals surface area contributed by atoms with Crippen molar-refractivity contribution in [2.24, 2.45) is 0 Å². The van der Waals surface area contributed by atoms with Crippen molar-refractivity contribution >= 4 is 50.7 Å². The normalized spacial score (nSPS) is 12.5. The molecule has 12 heteroatoms. The van der Waals surface area contributed by atoms with E-state index in [9.17, 15) is 18.0 Å². The standard InChI is InChI=1S/C36H39Cl2N3O6S/c1-5-25(2)39-36(43)33(21-26-13-8-6-9-14-26)40(23-29-30(37)17-12-18-31(29)38)35(42)24-41(48(44,45)28-15-10-7-11-16-28)32-22-27(46-3)19-20-34(32)47-4/h6-20,22,25,33H,5,21,23-24H2,1-4H3,(H,39,43)/t25-,33-/m1/s1. The number of hydrogen-bond donors (Lipinski definition) is 1. The summed E-state index contributed by atoms with van der Waals surface area (Å²) in [7, 11) is -1.51. The van der Waals surface area contributed by atoms with Gasteiger partial charge in [-0.1, -0.05) is 84.7 Å². The Morgan fingerprint density at radius 1 is 0.854 bits per heavy atom. The maximum atomic E-state index is 14.8. The van der Waals surface area contributed by atoms with Crippen LogP contribution in [0.5, 0.6) is 11.5 Å². The number of carbonyl (C=O) groups excluding carboxylic acids is 2. The number of nitrogens with zero attached hydrogens (tertiary/aromatic N) is 2. The average Bonchev–Trinajstić information content (AvgIpc) is 3.10. The summed E-state index contributed by atoms with van der Waals surface area (Å²) in [6.45, 7) is 2.96. The maximum absolute atomic E-state index is 14.8. The maximum Gasteiger partial charge on any atom is 0.264 e. The molecule has 254 valence electrons. The highest BCUT2D eigenvalue weighted by Crippen LogP contribution is 2.36. The van der Waals surface area contributed by atoms with Crippen LogP contribution in [0.3, 0.4) is 0 Å². The van der Waals surface area contributed by atoms with E-state index in [4.69, 9.17) is 32.7 Å². The minimum atomic E-state index is -4.36. The predicted molar refractivity (Wildman–Crippen MR) is 189 cm³/mol. The molecule has 0 fully saturated rings. The fraction of sp³-hybridized carbons (Fsp3) is 0.278. The first-order valence-corrected chi connectivity index (χ1v) is 17.6. The third-order valence-corrected chi connectivity index (χ3v) is 10.4. The molecule has 4 aromatic rings. The van der Waals surface area contributed by atoms with Gasteiger partial charge in [-0.2, -0.15) is 0 Å². The summed E-state index contributed by atoms with van der Waals surface area (Å²) in [5.41, 5.74) is 1.29. The van der Waals surface area contributed by atoms with Crippen LogP contribution in [0.2, 0.25) is 10.0 Å². The number of rotatable bonds is 15. The van der Waals surface area contributed by atoms with Crippen molar-refractivity contribution in [3.63, 3.8) is 0 Å². The van der Waals surface area contributed by atoms with Gasteiger partial charge in [0.2, 0.25) is 11.8 Å². The first-order valence-electron chi connectivity index (χ1n) is 15.4. The Balaban J connectivity index is 1.90. The summed E-state index contributed by atoms with van der Waals surface area (Å²) in [6, 6.07) is 25.4. The number of nitrogens with one attached hydrogen (secondary N) is 1. The van der Waals surface area contributed by atoms with E-state index >= 15 is 0 Å². The van der Waals surface area contributed by atoms with Crippen molar-refractivity contribution in [3.8, 4) is 11.5 Å². The number of sulfonamides is 1. The summed E-state index contributed by atoms with van der Waals surface area (Å²) in [4.78, 5) is 30.1. The first-order chi connectivity index (χ1) is 23.0. The van der Waals surface area contributed by atoms with Crippen LogP contribution >= 0.6 is 23.2 Å². The molecule has 2 amide bonds. The zero-order chi connectivity index (χ0) is 34.8. The van der Waals surface area contributed by atoms with Gasteiger partial charge in [0.25, 0.3) is 10.0 Å². The highest BCUT2D eigenvalue weighted by molar-refractivity contribution is 7.92. The van der Waals surface area contributed by atoms with E-state index in [0.29, 0.717) is 27.8 Å². The van der Waals surface area contributed by atoms with Gasteiger partial charge >= 0.3 is 0 Å². The number of hydrogen-bond acceptors (Lipinski definition) is 6. The molecular weight excluding hydrogens is 673 g/mol. The molecule has 0 saturated carbocycles. The lowest BCUT2D eigenvalue weighted by Crippen LogP contribution is -2.54. The average molecular weight is 713 g/mol. The summed E-state index contributed by atoms with van der Waals surface area (Å²) >= 11 is 13.2. The highest BCUT2D eigenvalue weighted by Gasteiger charge is 2.36. The van der Waals surface area contributed by atoms with Gasteiger partial charge in [-0.15, -0.1) is 0 Å². The second-order valence-corrected chi connectivity index (χ2v) is 13.8. The molecule has 4 aromatic carbocycles. The van der Waals surface area contributed by atoms with Crippen LogP contribution in [0.1, 0.15) is 31.4 Å². The summed E-state index contributed by atoms with van der Waals surface area (Å²) < 4.78 is 40.6. The zero-order valence-corrected chi connectivity index (χ0v) is 29.6. The van der Waals surface area contributed by atoms with E-state index in [0.717, 1.165) is 9.87 Å². The van der Waals surface area contributed by atoms with Gasteiger partial charge in [-0.3, -0.25) is 13.9 Å². The quantitative estimate of drug-likeness (QED) is 0.146. The third kappa shape index (κ3) is 8.80. The molecule has 0 aliphatic rings. The molecular formula is C36H39Cl2N3O6S. The van der Waals surface area contributed by atoms with Crippen molar-refractivity contribution in [2.45, 2.75) is 50.2 Å². The second kappa shape index (κ2) is 16.7. The van der Waals surface area contributed by atoms with E-state index < -0.39 is 34.4 Å². The topological polar surface area (TPSA) is 105 Å². The number of ether oxygens (including phenoxy) is 2. The Kier molecular flexibility index (Phi) is 12.7. The molecule has 0 aliphatic carbocycles. The Labute approximate surface area is 292 Å². The molecule has 9 nitrogen and oxygen atoms in total. The number of anilines is 1. The second-order valence-electron chi connectivity index (χ2n) is 11.1. The minimum absolute atomic E-state index is 0.0429. The number of amides is 2. The zero-order valence-electron chi connectivity index (χ0n) is 27.2. The Bertz CT molecular complexity index is 1790. The van der Waals surface area contributed by atoms with Crippen LogP contribution in [0.4, 0.5) is 5.69 Å². The van der Waals surface area contributed by atoms with E-state index in [1.54, 1.807) is 48.5 Å². The summed E-state index contributed by atoms with van der Waals surface area (Å²) in [5.74, 6) is -0.531. The molecule has 0 heterocycles. The Morgan fingerprint density at radius 3 is 2.06 bits per heavy atom.